The maximum absolute atomic E-state index is 11.6. The predicted octanol–water partition coefficient (Wildman–Crippen LogP) is 0.765. The lowest BCUT2D eigenvalue weighted by Gasteiger charge is -2.19. The Labute approximate surface area is 104 Å². The average Bonchev–Trinajstić information content (AvgIpc) is 2.33. The smallest absolute Gasteiger partial charge is 0.234 e. The summed E-state index contributed by atoms with van der Waals surface area (Å²) >= 11 is 0. The van der Waals surface area contributed by atoms with E-state index in [0.29, 0.717) is 32.7 Å². The number of amides is 1. The summed E-state index contributed by atoms with van der Waals surface area (Å²) in [5.41, 5.74) is 0. The van der Waals surface area contributed by atoms with Crippen molar-refractivity contribution >= 4 is 5.91 Å². The fourth-order valence-corrected chi connectivity index (χ4v) is 1.36. The Kier molecular flexibility index (Phi) is 10.6. The number of unbranched alkanes of at least 4 members (excludes halogenated alkanes) is 1. The molecule has 0 atom stereocenters. The second-order valence-electron chi connectivity index (χ2n) is 3.88. The Morgan fingerprint density at radius 2 is 2.24 bits per heavy atom. The van der Waals surface area contributed by atoms with E-state index in [1.807, 2.05) is 4.90 Å². The number of hydrogen-bond acceptors (Lipinski definition) is 4. The molecule has 0 rings (SSSR count). The van der Waals surface area contributed by atoms with Crippen LogP contribution in [0.5, 0.6) is 0 Å². The van der Waals surface area contributed by atoms with E-state index in [1.165, 1.54) is 0 Å². The molecule has 0 aromatic rings. The van der Waals surface area contributed by atoms with Gasteiger partial charge in [-0.2, -0.15) is 5.26 Å². The lowest BCUT2D eigenvalue weighted by atomic mass is 10.3. The summed E-state index contributed by atoms with van der Waals surface area (Å²) in [4.78, 5) is 13.5. The number of ether oxygens (including phenoxy) is 1. The van der Waals surface area contributed by atoms with Gasteiger partial charge in [-0.15, -0.1) is 0 Å². The molecule has 0 aliphatic heterocycles. The van der Waals surface area contributed by atoms with Gasteiger partial charge in [-0.3, -0.25) is 9.69 Å². The highest BCUT2D eigenvalue weighted by molar-refractivity contribution is 5.77. The molecule has 1 amide bonds. The minimum atomic E-state index is 0.0208. The number of nitrogens with zero attached hydrogens (tertiary/aromatic N) is 2. The Morgan fingerprint density at radius 3 is 2.82 bits per heavy atom. The van der Waals surface area contributed by atoms with E-state index in [1.54, 1.807) is 7.11 Å². The molecule has 0 spiro atoms. The van der Waals surface area contributed by atoms with Gasteiger partial charge in [0.15, 0.2) is 0 Å². The van der Waals surface area contributed by atoms with Gasteiger partial charge in [0, 0.05) is 33.2 Å². The van der Waals surface area contributed by atoms with Gasteiger partial charge in [-0.05, 0) is 6.42 Å². The van der Waals surface area contributed by atoms with Crippen LogP contribution in [0.3, 0.4) is 0 Å². The number of hydrogen-bond donors (Lipinski definition) is 1. The molecule has 0 aromatic heterocycles. The first-order valence-corrected chi connectivity index (χ1v) is 6.09. The first-order chi connectivity index (χ1) is 8.24. The van der Waals surface area contributed by atoms with E-state index < -0.39 is 0 Å². The summed E-state index contributed by atoms with van der Waals surface area (Å²) in [5.74, 6) is 0.0208. The molecule has 98 valence electrons. The fraction of sp³-hybridized carbons (Fsp3) is 0.833. The summed E-state index contributed by atoms with van der Waals surface area (Å²) in [5, 5.41) is 11.4. The zero-order valence-corrected chi connectivity index (χ0v) is 10.9. The number of carbonyl (C=O) groups is 1. The highest BCUT2D eigenvalue weighted by Crippen LogP contribution is 1.92. The number of nitrogens with one attached hydrogen (secondary N) is 1. The van der Waals surface area contributed by atoms with Gasteiger partial charge >= 0.3 is 0 Å². The lowest BCUT2D eigenvalue weighted by Crippen LogP contribution is -2.39. The van der Waals surface area contributed by atoms with Crippen molar-refractivity contribution in [2.75, 3.05) is 39.9 Å². The van der Waals surface area contributed by atoms with Crippen LogP contribution in [0.2, 0.25) is 0 Å². The van der Waals surface area contributed by atoms with Crippen LogP contribution >= 0.6 is 0 Å². The van der Waals surface area contributed by atoms with E-state index in [2.05, 4.69) is 18.3 Å². The van der Waals surface area contributed by atoms with Crippen molar-refractivity contribution in [3.63, 3.8) is 0 Å². The monoisotopic (exact) mass is 241 g/mol. The van der Waals surface area contributed by atoms with Crippen LogP contribution in [0.25, 0.3) is 0 Å². The zero-order chi connectivity index (χ0) is 12.9. The van der Waals surface area contributed by atoms with E-state index in [0.717, 1.165) is 19.4 Å². The summed E-state index contributed by atoms with van der Waals surface area (Å²) < 4.78 is 4.98. The summed E-state index contributed by atoms with van der Waals surface area (Å²) in [6.45, 7) is 5.03. The maximum atomic E-state index is 11.6. The van der Waals surface area contributed by atoms with E-state index in [4.69, 9.17) is 10.00 Å². The standard InChI is InChI=1S/C12H23N3O2/c1-3-4-7-14-12(16)11-15(8-5-6-13)9-10-17-2/h3-5,7-11H2,1-2H3,(H,14,16). The third-order valence-corrected chi connectivity index (χ3v) is 2.37. The van der Waals surface area contributed by atoms with Crippen molar-refractivity contribution in [2.24, 2.45) is 0 Å². The molecule has 0 fully saturated rings. The molecule has 0 aromatic carbocycles. The Hall–Kier alpha value is -1.12. The topological polar surface area (TPSA) is 65.4 Å². The number of nitriles is 1. The first-order valence-electron chi connectivity index (χ1n) is 6.09. The second-order valence-corrected chi connectivity index (χ2v) is 3.88. The molecule has 0 saturated carbocycles. The van der Waals surface area contributed by atoms with Crippen molar-refractivity contribution in [2.45, 2.75) is 26.2 Å². The Morgan fingerprint density at radius 1 is 1.47 bits per heavy atom. The minimum Gasteiger partial charge on any atom is -0.383 e. The molecule has 0 aliphatic rings. The molecule has 1 N–H and O–H groups in total. The Bertz CT molecular complexity index is 238. The van der Waals surface area contributed by atoms with Crippen molar-refractivity contribution in [1.82, 2.24) is 10.2 Å². The fourth-order valence-electron chi connectivity index (χ4n) is 1.36. The molecule has 0 saturated heterocycles. The van der Waals surface area contributed by atoms with Crippen LogP contribution in [0.4, 0.5) is 0 Å². The van der Waals surface area contributed by atoms with Crippen LogP contribution in [-0.2, 0) is 9.53 Å². The molecular weight excluding hydrogens is 218 g/mol. The largest absolute Gasteiger partial charge is 0.383 e. The number of rotatable bonds is 10. The molecule has 17 heavy (non-hydrogen) atoms. The van der Waals surface area contributed by atoms with E-state index in [9.17, 15) is 4.79 Å². The summed E-state index contributed by atoms with van der Waals surface area (Å²) in [6, 6.07) is 2.09. The van der Waals surface area contributed by atoms with E-state index in [-0.39, 0.29) is 5.91 Å². The van der Waals surface area contributed by atoms with Gasteiger partial charge in [-0.1, -0.05) is 13.3 Å². The molecule has 0 aliphatic carbocycles. The predicted molar refractivity (Wildman–Crippen MR) is 66.5 cm³/mol. The third kappa shape index (κ3) is 9.79. The maximum Gasteiger partial charge on any atom is 0.234 e. The highest BCUT2D eigenvalue weighted by Gasteiger charge is 2.09. The molecule has 5 heteroatoms. The lowest BCUT2D eigenvalue weighted by molar-refractivity contribution is -0.122. The first kappa shape index (κ1) is 15.9. The minimum absolute atomic E-state index is 0.0208. The molecule has 5 nitrogen and oxygen atoms in total. The quantitative estimate of drug-likeness (QED) is 0.574. The summed E-state index contributed by atoms with van der Waals surface area (Å²) in [7, 11) is 1.63. The van der Waals surface area contributed by atoms with Crippen molar-refractivity contribution in [3.8, 4) is 6.07 Å². The summed E-state index contributed by atoms with van der Waals surface area (Å²) in [6.07, 6.45) is 2.51. The number of methoxy groups -OCH3 is 1. The van der Waals surface area contributed by atoms with Crippen LogP contribution in [0.15, 0.2) is 0 Å². The van der Waals surface area contributed by atoms with Crippen LogP contribution in [0, 0.1) is 11.3 Å². The molecule has 0 bridgehead atoms. The highest BCUT2D eigenvalue weighted by atomic mass is 16.5. The van der Waals surface area contributed by atoms with Gasteiger partial charge in [0.05, 0.1) is 19.2 Å². The third-order valence-electron chi connectivity index (χ3n) is 2.37. The van der Waals surface area contributed by atoms with Gasteiger partial charge in [0.25, 0.3) is 0 Å². The van der Waals surface area contributed by atoms with Crippen LogP contribution in [-0.4, -0.2) is 50.7 Å². The average molecular weight is 241 g/mol. The normalized spacial score (nSPS) is 10.2. The molecule has 0 heterocycles. The van der Waals surface area contributed by atoms with Gasteiger partial charge in [-0.25, -0.2) is 0 Å². The van der Waals surface area contributed by atoms with Gasteiger partial charge in [0.1, 0.15) is 0 Å². The van der Waals surface area contributed by atoms with Crippen molar-refractivity contribution < 1.29 is 9.53 Å². The molecular formula is C12H23N3O2. The second kappa shape index (κ2) is 11.4. The van der Waals surface area contributed by atoms with E-state index >= 15 is 0 Å². The molecule has 0 radical (unpaired) electrons. The van der Waals surface area contributed by atoms with Crippen LogP contribution in [0.1, 0.15) is 26.2 Å². The van der Waals surface area contributed by atoms with Gasteiger partial charge < -0.3 is 10.1 Å². The number of carbonyl (C=O) groups excluding carboxylic acids is 1. The van der Waals surface area contributed by atoms with Crippen molar-refractivity contribution in [1.29, 1.82) is 5.26 Å². The van der Waals surface area contributed by atoms with Crippen LogP contribution < -0.4 is 5.32 Å². The van der Waals surface area contributed by atoms with Crippen molar-refractivity contribution in [3.05, 3.63) is 0 Å². The zero-order valence-electron chi connectivity index (χ0n) is 10.9. The SMILES string of the molecule is CCCCNC(=O)CN(CCC#N)CCOC. The molecule has 0 unspecified atom stereocenters. The Balaban J connectivity index is 3.86. The van der Waals surface area contributed by atoms with Gasteiger partial charge in [0.2, 0.25) is 5.91 Å².